The summed E-state index contributed by atoms with van der Waals surface area (Å²) in [5, 5.41) is 3.39. The van der Waals surface area contributed by atoms with Crippen molar-refractivity contribution < 1.29 is 0 Å². The van der Waals surface area contributed by atoms with Crippen LogP contribution in [0.1, 0.15) is 0 Å². The predicted octanol–water partition coefficient (Wildman–Crippen LogP) is 1.39. The Morgan fingerprint density at radius 1 is 1.21 bits per heavy atom. The summed E-state index contributed by atoms with van der Waals surface area (Å²) in [6, 6.07) is 4.60. The zero-order chi connectivity index (χ0) is 9.97. The lowest BCUT2D eigenvalue weighted by molar-refractivity contribution is 1.26. The Labute approximate surface area is 78.4 Å². The van der Waals surface area contributed by atoms with Gasteiger partial charge < -0.3 is 0 Å². The van der Waals surface area contributed by atoms with E-state index in [1.54, 1.807) is 6.07 Å². The number of rotatable bonds is 1. The quantitative estimate of drug-likeness (QED) is 0.632. The third-order valence-corrected chi connectivity index (χ3v) is 1.75. The highest BCUT2D eigenvalue weighted by Crippen LogP contribution is 2.17. The van der Waals surface area contributed by atoms with Crippen LogP contribution in [-0.4, -0.2) is 9.97 Å². The van der Waals surface area contributed by atoms with Crippen LogP contribution in [0, 0.1) is 4.91 Å². The first-order valence-corrected chi connectivity index (χ1v) is 3.89. The second-order valence-corrected chi connectivity index (χ2v) is 2.69. The summed E-state index contributed by atoms with van der Waals surface area (Å²) < 4.78 is 0. The normalized spacial score (nSPS) is 10.0. The first-order chi connectivity index (χ1) is 6.79. The van der Waals surface area contributed by atoms with Gasteiger partial charge in [0.05, 0.1) is 11.7 Å². The van der Waals surface area contributed by atoms with Crippen LogP contribution in [0.2, 0.25) is 0 Å². The molecule has 0 N–H and O–H groups in total. The van der Waals surface area contributed by atoms with Crippen LogP contribution in [0.25, 0.3) is 10.9 Å². The minimum absolute atomic E-state index is 0.291. The van der Waals surface area contributed by atoms with Crippen LogP contribution < -0.4 is 5.56 Å². The molecule has 0 aliphatic rings. The fraction of sp³-hybridized carbons (Fsp3) is 0. The van der Waals surface area contributed by atoms with Crippen LogP contribution >= 0.6 is 0 Å². The molecule has 0 saturated carbocycles. The first kappa shape index (κ1) is 8.43. The first-order valence-electron chi connectivity index (χ1n) is 3.89. The van der Waals surface area contributed by atoms with Crippen molar-refractivity contribution in [3.63, 3.8) is 0 Å². The number of hydrogen-bond donors (Lipinski definition) is 0. The van der Waals surface area contributed by atoms with Crippen LogP contribution in [0.3, 0.4) is 0 Å². The topological polar surface area (TPSA) is 72.3 Å². The minimum atomic E-state index is -0.410. The van der Waals surface area contributed by atoms with E-state index in [4.69, 9.17) is 0 Å². The highest BCUT2D eigenvalue weighted by atomic mass is 16.3. The Kier molecular flexibility index (Phi) is 1.98. The van der Waals surface area contributed by atoms with Gasteiger partial charge in [-0.2, -0.15) is 0 Å². The Morgan fingerprint density at radius 2 is 2.07 bits per heavy atom. The van der Waals surface area contributed by atoms with Crippen LogP contribution in [0.4, 0.5) is 5.69 Å². The molecule has 2 aromatic rings. The highest BCUT2D eigenvalue weighted by Gasteiger charge is 1.96. The zero-order valence-corrected chi connectivity index (χ0v) is 7.04. The van der Waals surface area contributed by atoms with Gasteiger partial charge in [0.2, 0.25) is 0 Å². The smallest absolute Gasteiger partial charge is 0.266 e. The molecule has 2 rings (SSSR count). The van der Waals surface area contributed by atoms with Gasteiger partial charge in [0.15, 0.2) is 0 Å². The SMILES string of the molecule is O=Nc1ccc2nc(=O)cncc2c1. The number of aromatic nitrogens is 2. The van der Waals surface area contributed by atoms with E-state index in [1.807, 2.05) is 0 Å². The summed E-state index contributed by atoms with van der Waals surface area (Å²) in [4.78, 5) is 28.7. The maximum Gasteiger partial charge on any atom is 0.288 e. The summed E-state index contributed by atoms with van der Waals surface area (Å²) in [6.45, 7) is 0. The summed E-state index contributed by atoms with van der Waals surface area (Å²) in [7, 11) is 0. The van der Waals surface area contributed by atoms with Gasteiger partial charge >= 0.3 is 0 Å². The van der Waals surface area contributed by atoms with Crippen molar-refractivity contribution in [1.82, 2.24) is 9.97 Å². The van der Waals surface area contributed by atoms with Crippen LogP contribution in [0.5, 0.6) is 0 Å². The molecule has 0 saturated heterocycles. The zero-order valence-electron chi connectivity index (χ0n) is 7.04. The lowest BCUT2D eigenvalue weighted by Gasteiger charge is -1.90. The molecule has 5 heteroatoms. The van der Waals surface area contributed by atoms with Crippen molar-refractivity contribution in [3.8, 4) is 0 Å². The summed E-state index contributed by atoms with van der Waals surface area (Å²) in [6.07, 6.45) is 2.59. The summed E-state index contributed by atoms with van der Waals surface area (Å²) in [5.41, 5.74) is 0.381. The molecular formula is C9H5N3O2. The van der Waals surface area contributed by atoms with Gasteiger partial charge in [-0.3, -0.25) is 9.78 Å². The Morgan fingerprint density at radius 3 is 2.86 bits per heavy atom. The van der Waals surface area contributed by atoms with Gasteiger partial charge in [-0.05, 0) is 23.4 Å². The second-order valence-electron chi connectivity index (χ2n) is 2.69. The van der Waals surface area contributed by atoms with Crippen molar-refractivity contribution in [2.24, 2.45) is 5.18 Å². The molecule has 0 spiro atoms. The number of fused-ring (bicyclic) bond motifs is 1. The molecule has 0 unspecified atom stereocenters. The van der Waals surface area contributed by atoms with E-state index in [0.717, 1.165) is 6.20 Å². The number of nitrogens with zero attached hydrogens (tertiary/aromatic N) is 3. The number of hydrogen-bond acceptors (Lipinski definition) is 5. The van der Waals surface area contributed by atoms with Crippen molar-refractivity contribution >= 4 is 16.6 Å². The van der Waals surface area contributed by atoms with Crippen LogP contribution in [-0.2, 0) is 0 Å². The Balaban J connectivity index is 2.86. The fourth-order valence-electron chi connectivity index (χ4n) is 1.13. The molecule has 0 aliphatic carbocycles. The van der Waals surface area contributed by atoms with E-state index in [1.165, 1.54) is 18.3 Å². The van der Waals surface area contributed by atoms with E-state index in [2.05, 4.69) is 15.1 Å². The van der Waals surface area contributed by atoms with E-state index in [-0.39, 0.29) is 0 Å². The van der Waals surface area contributed by atoms with E-state index in [9.17, 15) is 9.70 Å². The Bertz CT molecular complexity index is 554. The van der Waals surface area contributed by atoms with Gasteiger partial charge in [-0.1, -0.05) is 0 Å². The van der Waals surface area contributed by atoms with Gasteiger partial charge in [0.1, 0.15) is 5.69 Å². The molecule has 1 aromatic heterocycles. The van der Waals surface area contributed by atoms with Crippen molar-refractivity contribution in [2.75, 3.05) is 0 Å². The Hall–Kier alpha value is -2.17. The summed E-state index contributed by atoms with van der Waals surface area (Å²) >= 11 is 0. The summed E-state index contributed by atoms with van der Waals surface area (Å²) in [5.74, 6) is 0. The molecule has 14 heavy (non-hydrogen) atoms. The van der Waals surface area contributed by atoms with Crippen molar-refractivity contribution in [1.29, 1.82) is 0 Å². The monoisotopic (exact) mass is 187 g/mol. The largest absolute Gasteiger partial charge is 0.288 e. The van der Waals surface area contributed by atoms with E-state index >= 15 is 0 Å². The van der Waals surface area contributed by atoms with Gasteiger partial charge in [-0.25, -0.2) is 4.98 Å². The molecule has 0 aliphatic heterocycles. The molecule has 5 nitrogen and oxygen atoms in total. The van der Waals surface area contributed by atoms with E-state index < -0.39 is 5.56 Å². The predicted molar refractivity (Wildman–Crippen MR) is 51.3 cm³/mol. The number of benzene rings is 1. The molecule has 0 atom stereocenters. The van der Waals surface area contributed by atoms with Gasteiger partial charge in [-0.15, -0.1) is 4.91 Å². The maximum atomic E-state index is 11.0. The molecule has 0 amide bonds. The number of nitroso groups, excluding NO2 is 1. The van der Waals surface area contributed by atoms with Crippen LogP contribution in [0.15, 0.2) is 40.6 Å². The molecule has 1 heterocycles. The molecule has 0 bridgehead atoms. The maximum absolute atomic E-state index is 11.0. The molecule has 0 radical (unpaired) electrons. The lowest BCUT2D eigenvalue weighted by atomic mass is 10.2. The minimum Gasteiger partial charge on any atom is -0.266 e. The lowest BCUT2D eigenvalue weighted by Crippen LogP contribution is -1.98. The third-order valence-electron chi connectivity index (χ3n) is 1.75. The van der Waals surface area contributed by atoms with Gasteiger partial charge in [0, 0.05) is 11.6 Å². The molecule has 1 aromatic carbocycles. The molecular weight excluding hydrogens is 182 g/mol. The standard InChI is InChI=1S/C9H5N3O2/c13-9-5-10-4-6-3-7(12-14)1-2-8(6)11-9/h1-5H. The molecule has 68 valence electrons. The van der Waals surface area contributed by atoms with E-state index in [0.29, 0.717) is 16.6 Å². The highest BCUT2D eigenvalue weighted by molar-refractivity contribution is 5.80. The van der Waals surface area contributed by atoms with Crippen molar-refractivity contribution in [2.45, 2.75) is 0 Å². The average molecular weight is 187 g/mol. The van der Waals surface area contributed by atoms with Crippen molar-refractivity contribution in [3.05, 3.63) is 45.9 Å². The molecule has 0 fully saturated rings. The van der Waals surface area contributed by atoms with Gasteiger partial charge in [0.25, 0.3) is 5.56 Å². The average Bonchev–Trinajstić information content (AvgIpc) is 2.37. The third kappa shape index (κ3) is 1.47. The fourth-order valence-corrected chi connectivity index (χ4v) is 1.13. The second kappa shape index (κ2) is 3.29.